The van der Waals surface area contributed by atoms with Crippen molar-refractivity contribution in [3.8, 4) is 17.2 Å². The molecule has 2 aromatic carbocycles. The third kappa shape index (κ3) is 5.37. The molecule has 0 aromatic heterocycles. The Morgan fingerprint density at radius 3 is 2.80 bits per heavy atom. The Labute approximate surface area is 158 Å². The van der Waals surface area contributed by atoms with Crippen LogP contribution in [-0.2, 0) is 4.79 Å². The third-order valence-corrected chi connectivity index (χ3v) is 4.01. The summed E-state index contributed by atoms with van der Waals surface area (Å²) in [5.74, 6) is 0.463. The van der Waals surface area contributed by atoms with Gasteiger partial charge in [0.25, 0.3) is 5.91 Å². The molecule has 0 heterocycles. The summed E-state index contributed by atoms with van der Waals surface area (Å²) >= 11 is 9.08. The fraction of sp³-hybridized carbons (Fsp3) is 0.176. The van der Waals surface area contributed by atoms with Crippen LogP contribution < -0.4 is 14.9 Å². The van der Waals surface area contributed by atoms with Gasteiger partial charge in [-0.05, 0) is 64.3 Å². The molecule has 0 bridgehead atoms. The van der Waals surface area contributed by atoms with Crippen molar-refractivity contribution in [1.82, 2.24) is 5.43 Å². The monoisotopic (exact) mass is 426 g/mol. The highest BCUT2D eigenvalue weighted by Crippen LogP contribution is 2.34. The first-order valence-electron chi connectivity index (χ1n) is 7.18. The number of aryl methyl sites for hydroxylation is 1. The summed E-state index contributed by atoms with van der Waals surface area (Å²) in [6, 6.07) is 8.37. The Hall–Kier alpha value is -2.25. The van der Waals surface area contributed by atoms with Gasteiger partial charge in [-0.2, -0.15) is 5.10 Å². The number of hydrogen-bond acceptors (Lipinski definition) is 5. The fourth-order valence-corrected chi connectivity index (χ4v) is 2.64. The highest BCUT2D eigenvalue weighted by atomic mass is 79.9. The number of rotatable bonds is 6. The van der Waals surface area contributed by atoms with Gasteiger partial charge in [-0.25, -0.2) is 5.43 Å². The molecule has 6 nitrogen and oxygen atoms in total. The van der Waals surface area contributed by atoms with Crippen LogP contribution in [0.2, 0.25) is 5.02 Å². The molecule has 0 spiro atoms. The maximum absolute atomic E-state index is 11.8. The lowest BCUT2D eigenvalue weighted by Crippen LogP contribution is -2.24. The Morgan fingerprint density at radius 2 is 2.12 bits per heavy atom. The van der Waals surface area contributed by atoms with Crippen LogP contribution in [-0.4, -0.2) is 30.9 Å². The molecule has 1 amide bonds. The Balaban J connectivity index is 1.91. The number of benzene rings is 2. The van der Waals surface area contributed by atoms with Gasteiger partial charge in [-0.1, -0.05) is 11.6 Å². The quantitative estimate of drug-likeness (QED) is 0.545. The summed E-state index contributed by atoms with van der Waals surface area (Å²) < 4.78 is 10.9. The molecular formula is C17H16BrClN2O4. The molecule has 8 heteroatoms. The first-order valence-corrected chi connectivity index (χ1v) is 8.35. The van der Waals surface area contributed by atoms with E-state index in [1.54, 1.807) is 30.3 Å². The highest BCUT2D eigenvalue weighted by Gasteiger charge is 2.08. The Morgan fingerprint density at radius 1 is 1.36 bits per heavy atom. The minimum Gasteiger partial charge on any atom is -0.503 e. The molecule has 2 aromatic rings. The smallest absolute Gasteiger partial charge is 0.277 e. The lowest BCUT2D eigenvalue weighted by atomic mass is 10.2. The molecule has 0 aliphatic rings. The second-order valence-corrected chi connectivity index (χ2v) is 6.34. The van der Waals surface area contributed by atoms with Crippen molar-refractivity contribution >= 4 is 39.7 Å². The van der Waals surface area contributed by atoms with Crippen molar-refractivity contribution in [3.05, 3.63) is 51.0 Å². The maximum Gasteiger partial charge on any atom is 0.277 e. The number of aromatic hydroxyl groups is 1. The minimum absolute atomic E-state index is 0.00424. The number of nitrogens with zero attached hydrogens (tertiary/aromatic N) is 1. The standard InChI is InChI=1S/C17H16BrClN2O4/c1-10-5-12(19)3-4-14(10)25-9-16(22)21-20-8-11-6-13(18)17(23)15(7-11)24-2/h3-8,23H,9H2,1-2H3,(H,21,22)/b20-8+. The fourth-order valence-electron chi connectivity index (χ4n) is 1.95. The average molecular weight is 428 g/mol. The summed E-state index contributed by atoms with van der Waals surface area (Å²) in [4.78, 5) is 11.8. The molecule has 2 rings (SSSR count). The number of hydrazone groups is 1. The number of carbonyl (C=O) groups is 1. The SMILES string of the molecule is COc1cc(/C=N/NC(=O)COc2ccc(Cl)cc2C)cc(Br)c1O. The average Bonchev–Trinajstić information content (AvgIpc) is 2.57. The number of phenolic OH excluding ortho intramolecular Hbond substituents is 1. The van der Waals surface area contributed by atoms with Gasteiger partial charge in [-0.3, -0.25) is 4.79 Å². The summed E-state index contributed by atoms with van der Waals surface area (Å²) in [5, 5.41) is 14.2. The second kappa shape index (κ2) is 8.73. The molecule has 0 atom stereocenters. The topological polar surface area (TPSA) is 80.2 Å². The van der Waals surface area contributed by atoms with Crippen LogP contribution in [0.4, 0.5) is 0 Å². The van der Waals surface area contributed by atoms with Crippen LogP contribution in [0.1, 0.15) is 11.1 Å². The molecule has 0 aliphatic heterocycles. The van der Waals surface area contributed by atoms with E-state index in [1.807, 2.05) is 6.92 Å². The Bertz CT molecular complexity index is 811. The van der Waals surface area contributed by atoms with Crippen molar-refractivity contribution in [2.24, 2.45) is 5.10 Å². The van der Waals surface area contributed by atoms with Gasteiger partial charge in [0.2, 0.25) is 0 Å². The number of halogens is 2. The Kier molecular flexibility index (Phi) is 6.66. The van der Waals surface area contributed by atoms with E-state index in [9.17, 15) is 9.90 Å². The minimum atomic E-state index is -0.407. The van der Waals surface area contributed by atoms with Crippen LogP contribution in [0.15, 0.2) is 39.9 Å². The van der Waals surface area contributed by atoms with Gasteiger partial charge in [0.05, 0.1) is 17.8 Å². The number of nitrogens with one attached hydrogen (secondary N) is 1. The third-order valence-electron chi connectivity index (χ3n) is 3.17. The number of amides is 1. The first-order chi connectivity index (χ1) is 11.9. The van der Waals surface area contributed by atoms with Gasteiger partial charge < -0.3 is 14.6 Å². The van der Waals surface area contributed by atoms with E-state index in [-0.39, 0.29) is 12.4 Å². The zero-order valence-corrected chi connectivity index (χ0v) is 15.9. The lowest BCUT2D eigenvalue weighted by molar-refractivity contribution is -0.123. The summed E-state index contributed by atoms with van der Waals surface area (Å²) in [6.45, 7) is 1.66. The summed E-state index contributed by atoms with van der Waals surface area (Å²) in [7, 11) is 1.44. The molecule has 0 fully saturated rings. The van der Waals surface area contributed by atoms with Crippen LogP contribution in [0.25, 0.3) is 0 Å². The number of methoxy groups -OCH3 is 1. The zero-order valence-electron chi connectivity index (χ0n) is 13.5. The molecule has 0 saturated carbocycles. The zero-order chi connectivity index (χ0) is 18.4. The van der Waals surface area contributed by atoms with Crippen LogP contribution >= 0.6 is 27.5 Å². The number of carbonyl (C=O) groups excluding carboxylic acids is 1. The predicted molar refractivity (Wildman–Crippen MR) is 99.8 cm³/mol. The summed E-state index contributed by atoms with van der Waals surface area (Å²) in [6.07, 6.45) is 1.43. The van der Waals surface area contributed by atoms with Gasteiger partial charge in [0, 0.05) is 5.02 Å². The molecule has 0 aliphatic carbocycles. The van der Waals surface area contributed by atoms with Gasteiger partial charge in [0.15, 0.2) is 18.1 Å². The molecule has 132 valence electrons. The number of hydrogen-bond donors (Lipinski definition) is 2. The second-order valence-electron chi connectivity index (χ2n) is 5.05. The van der Waals surface area contributed by atoms with E-state index in [0.717, 1.165) is 5.56 Å². The predicted octanol–water partition coefficient (Wildman–Crippen LogP) is 3.65. The van der Waals surface area contributed by atoms with Crippen LogP contribution in [0.3, 0.4) is 0 Å². The largest absolute Gasteiger partial charge is 0.503 e. The molecule has 0 radical (unpaired) electrons. The number of ether oxygens (including phenoxy) is 2. The van der Waals surface area contributed by atoms with E-state index >= 15 is 0 Å². The van der Waals surface area contributed by atoms with Gasteiger partial charge in [-0.15, -0.1) is 0 Å². The van der Waals surface area contributed by atoms with Crippen molar-refractivity contribution in [2.45, 2.75) is 6.92 Å². The van der Waals surface area contributed by atoms with Crippen LogP contribution in [0.5, 0.6) is 17.2 Å². The van der Waals surface area contributed by atoms with E-state index in [4.69, 9.17) is 21.1 Å². The normalized spacial score (nSPS) is 10.7. The first kappa shape index (κ1) is 19.1. The molecular weight excluding hydrogens is 412 g/mol. The number of phenols is 1. The molecule has 0 unspecified atom stereocenters. The van der Waals surface area contributed by atoms with E-state index in [0.29, 0.717) is 26.6 Å². The summed E-state index contributed by atoms with van der Waals surface area (Å²) in [5.41, 5.74) is 3.84. The van der Waals surface area contributed by atoms with Crippen molar-refractivity contribution in [3.63, 3.8) is 0 Å². The van der Waals surface area contributed by atoms with Crippen molar-refractivity contribution in [1.29, 1.82) is 0 Å². The van der Waals surface area contributed by atoms with E-state index in [1.165, 1.54) is 13.3 Å². The molecule has 0 saturated heterocycles. The van der Waals surface area contributed by atoms with Gasteiger partial charge in [0.1, 0.15) is 5.75 Å². The van der Waals surface area contributed by atoms with E-state index < -0.39 is 5.91 Å². The highest BCUT2D eigenvalue weighted by molar-refractivity contribution is 9.10. The van der Waals surface area contributed by atoms with Crippen molar-refractivity contribution in [2.75, 3.05) is 13.7 Å². The maximum atomic E-state index is 11.8. The van der Waals surface area contributed by atoms with Gasteiger partial charge >= 0.3 is 0 Å². The van der Waals surface area contributed by atoms with Crippen molar-refractivity contribution < 1.29 is 19.4 Å². The van der Waals surface area contributed by atoms with E-state index in [2.05, 4.69) is 26.5 Å². The molecule has 25 heavy (non-hydrogen) atoms. The molecule has 2 N–H and O–H groups in total. The van der Waals surface area contributed by atoms with Crippen LogP contribution in [0, 0.1) is 6.92 Å². The lowest BCUT2D eigenvalue weighted by Gasteiger charge is -2.08.